The van der Waals surface area contributed by atoms with Crippen molar-refractivity contribution in [3.63, 3.8) is 0 Å². The fourth-order valence-electron chi connectivity index (χ4n) is 0.475. The van der Waals surface area contributed by atoms with E-state index in [0.29, 0.717) is 0 Å². The summed E-state index contributed by atoms with van der Waals surface area (Å²) in [6.07, 6.45) is 1.36. The molecule has 66 valence electrons. The molecule has 11 heavy (non-hydrogen) atoms. The van der Waals surface area contributed by atoms with Gasteiger partial charge in [0.1, 0.15) is 6.04 Å². The number of rotatable bonds is 4. The van der Waals surface area contributed by atoms with Crippen LogP contribution in [0.2, 0.25) is 0 Å². The molecule has 0 fully saturated rings. The molecule has 0 amide bonds. The number of carbonyl (C=O) groups is 1. The van der Waals surface area contributed by atoms with Crippen LogP contribution in [0.4, 0.5) is 0 Å². The Morgan fingerprint density at radius 1 is 1.82 bits per heavy atom. The molecule has 0 radical (unpaired) electrons. The predicted octanol–water partition coefficient (Wildman–Crippen LogP) is -0.535. The quantitative estimate of drug-likeness (QED) is 0.512. The van der Waals surface area contributed by atoms with Crippen LogP contribution in [0.5, 0.6) is 0 Å². The smallest absolute Gasteiger partial charge is 0.320 e. The van der Waals surface area contributed by atoms with Crippen LogP contribution in [0.25, 0.3) is 0 Å². The Bertz CT molecular complexity index is 234. The summed E-state index contributed by atoms with van der Waals surface area (Å²) in [5.41, 5.74) is 5.12. The number of aliphatic carboxylic acids is 1. The number of carboxylic acids is 1. The van der Waals surface area contributed by atoms with Crippen LogP contribution in [-0.2, 0) is 14.5 Å². The maximum Gasteiger partial charge on any atom is 0.320 e. The van der Waals surface area contributed by atoms with E-state index >= 15 is 0 Å². The van der Waals surface area contributed by atoms with Gasteiger partial charge in [0.25, 0.3) is 0 Å². The van der Waals surface area contributed by atoms with E-state index in [-0.39, 0.29) is 12.2 Å². The lowest BCUT2D eigenvalue weighted by Crippen LogP contribution is -2.31. The zero-order chi connectivity index (χ0) is 9.07. The zero-order valence-corrected chi connectivity index (χ0v) is 7.06. The Morgan fingerprint density at radius 2 is 2.27 bits per heavy atom. The van der Waals surface area contributed by atoms with Gasteiger partial charge in [-0.2, -0.15) is 0 Å². The molecule has 5 nitrogen and oxygen atoms in total. The van der Waals surface area contributed by atoms with Gasteiger partial charge in [0.2, 0.25) is 0 Å². The number of hydrogen-bond donors (Lipinski definition) is 3. The lowest BCUT2D eigenvalue weighted by atomic mass is 11.2. The van der Waals surface area contributed by atoms with Crippen molar-refractivity contribution in [2.75, 3.05) is 12.0 Å². The number of nitrogens with two attached hydrogens (primary N) is 1. The molecule has 0 aliphatic rings. The standard InChI is InChI=1S/C5H12N2O3S/c1-11(7,10)3-2-4(6)5(8)9/h4,7H,2-3,6H2,1H3,(H,8,9)/t4-,11?/m0/s1/i1+1,2+1,3+1,4+1,5+1. The minimum atomic E-state index is -2.60. The van der Waals surface area contributed by atoms with Gasteiger partial charge in [0.15, 0.2) is 0 Å². The van der Waals surface area contributed by atoms with Crippen molar-refractivity contribution >= 4 is 15.7 Å². The third kappa shape index (κ3) is 5.81. The first-order valence-electron chi connectivity index (χ1n) is 3.03. The first kappa shape index (κ1) is 10.4. The largest absolute Gasteiger partial charge is 0.480 e. The maximum atomic E-state index is 10.7. The van der Waals surface area contributed by atoms with Crippen molar-refractivity contribution < 1.29 is 14.1 Å². The highest BCUT2D eigenvalue weighted by molar-refractivity contribution is 7.91. The molecule has 0 spiro atoms. The molecular formula is C5H12N2O3S. The van der Waals surface area contributed by atoms with Gasteiger partial charge in [-0.05, 0) is 6.42 Å². The van der Waals surface area contributed by atoms with Crippen LogP contribution in [0.15, 0.2) is 0 Å². The van der Waals surface area contributed by atoms with E-state index in [1.165, 1.54) is 6.26 Å². The van der Waals surface area contributed by atoms with Crippen LogP contribution in [0.1, 0.15) is 6.42 Å². The summed E-state index contributed by atoms with van der Waals surface area (Å²) in [5.74, 6) is -1.07. The van der Waals surface area contributed by atoms with E-state index in [4.69, 9.17) is 15.6 Å². The molecule has 0 saturated heterocycles. The summed E-state index contributed by atoms with van der Waals surface area (Å²) in [4.78, 5) is 10.1. The van der Waals surface area contributed by atoms with E-state index < -0.39 is 21.7 Å². The molecule has 0 saturated carbocycles. The summed E-state index contributed by atoms with van der Waals surface area (Å²) in [5, 5.41) is 8.30. The molecule has 2 atom stereocenters. The molecule has 4 N–H and O–H groups in total. The molecule has 0 aromatic rings. The molecule has 0 rings (SSSR count). The van der Waals surface area contributed by atoms with E-state index in [1.807, 2.05) is 0 Å². The van der Waals surface area contributed by atoms with E-state index in [2.05, 4.69) is 0 Å². The molecule has 0 aliphatic carbocycles. The Morgan fingerprint density at radius 3 is 2.55 bits per heavy atom. The zero-order valence-electron chi connectivity index (χ0n) is 6.24. The highest BCUT2D eigenvalue weighted by Gasteiger charge is 2.12. The van der Waals surface area contributed by atoms with Crippen molar-refractivity contribution in [2.45, 2.75) is 12.5 Å². The average Bonchev–Trinajstić information content (AvgIpc) is 1.80. The SMILES string of the molecule is [13CH3]S(=N)(=O)[13CH2][13CH2][13C@H](N)[13C](=O)O. The average molecular weight is 185 g/mol. The van der Waals surface area contributed by atoms with Gasteiger partial charge >= 0.3 is 5.97 Å². The van der Waals surface area contributed by atoms with E-state index in [1.54, 1.807) is 0 Å². The van der Waals surface area contributed by atoms with E-state index in [0.717, 1.165) is 0 Å². The van der Waals surface area contributed by atoms with E-state index in [9.17, 15) is 9.00 Å². The number of carboxylic acid groups (broad SMARTS) is 1. The number of hydrogen-bond acceptors (Lipinski definition) is 4. The summed E-state index contributed by atoms with van der Waals surface area (Å²) in [6.45, 7) is 0. The fourth-order valence-corrected chi connectivity index (χ4v) is 1.18. The first-order valence-corrected chi connectivity index (χ1v) is 5.16. The Labute approximate surface area is 65.6 Å². The van der Waals surface area contributed by atoms with Crippen molar-refractivity contribution in [1.82, 2.24) is 0 Å². The van der Waals surface area contributed by atoms with Gasteiger partial charge in [-0.1, -0.05) is 0 Å². The minimum Gasteiger partial charge on any atom is -0.480 e. The highest BCUT2D eigenvalue weighted by Crippen LogP contribution is 1.94. The number of nitrogens with one attached hydrogen (secondary N) is 1. The van der Waals surface area contributed by atoms with Gasteiger partial charge in [-0.3, -0.25) is 13.8 Å². The Balaban J connectivity index is 3.82. The summed E-state index contributed by atoms with van der Waals surface area (Å²) in [7, 11) is -2.60. The molecular weight excluding hydrogens is 173 g/mol. The molecule has 1 unspecified atom stereocenters. The van der Waals surface area contributed by atoms with Gasteiger partial charge in [0, 0.05) is 21.7 Å². The van der Waals surface area contributed by atoms with Gasteiger partial charge < -0.3 is 10.8 Å². The molecule has 0 heterocycles. The molecule has 6 heteroatoms. The Hall–Kier alpha value is -0.620. The van der Waals surface area contributed by atoms with Crippen LogP contribution in [-0.4, -0.2) is 33.3 Å². The summed E-state index contributed by atoms with van der Waals surface area (Å²) in [6, 6.07) is -0.999. The van der Waals surface area contributed by atoms with Crippen molar-refractivity contribution in [3.8, 4) is 0 Å². The second-order valence-electron chi connectivity index (χ2n) is 2.44. The second kappa shape index (κ2) is 3.68. The van der Waals surface area contributed by atoms with Crippen LogP contribution < -0.4 is 5.73 Å². The molecule has 0 bridgehead atoms. The van der Waals surface area contributed by atoms with Crippen LogP contribution in [0.3, 0.4) is 0 Å². The van der Waals surface area contributed by atoms with Crippen molar-refractivity contribution in [2.24, 2.45) is 5.73 Å². The summed E-state index contributed by atoms with van der Waals surface area (Å²) < 4.78 is 17.7. The van der Waals surface area contributed by atoms with Gasteiger partial charge in [-0.15, -0.1) is 0 Å². The third-order valence-corrected chi connectivity index (χ3v) is 2.15. The van der Waals surface area contributed by atoms with Crippen molar-refractivity contribution in [3.05, 3.63) is 0 Å². The first-order chi connectivity index (χ1) is 4.83. The summed E-state index contributed by atoms with van der Waals surface area (Å²) >= 11 is 0. The molecule has 0 aromatic heterocycles. The van der Waals surface area contributed by atoms with Gasteiger partial charge in [-0.25, -0.2) is 0 Å². The minimum absolute atomic E-state index is 0.0421. The lowest BCUT2D eigenvalue weighted by molar-refractivity contribution is -0.138. The van der Waals surface area contributed by atoms with Crippen LogP contribution in [0, 0.1) is 4.78 Å². The van der Waals surface area contributed by atoms with Crippen LogP contribution >= 0.6 is 0 Å². The topological polar surface area (TPSA) is 104 Å². The predicted molar refractivity (Wildman–Crippen MR) is 41.9 cm³/mol. The second-order valence-corrected chi connectivity index (χ2v) is 4.86. The Kier molecular flexibility index (Phi) is 3.47. The molecule has 0 aliphatic heterocycles. The highest BCUT2D eigenvalue weighted by atomic mass is 32.2. The lowest BCUT2D eigenvalue weighted by Gasteiger charge is -2.04. The molecule has 0 aromatic carbocycles. The van der Waals surface area contributed by atoms with Crippen molar-refractivity contribution in [1.29, 1.82) is 4.78 Å². The maximum absolute atomic E-state index is 10.7. The monoisotopic (exact) mass is 185 g/mol. The fraction of sp³-hybridized carbons (Fsp3) is 0.800. The van der Waals surface area contributed by atoms with Gasteiger partial charge in [0.05, 0.1) is 0 Å². The third-order valence-electron chi connectivity index (χ3n) is 1.14. The normalized spacial score (nSPS) is 18.7.